The summed E-state index contributed by atoms with van der Waals surface area (Å²) in [7, 11) is 0. The number of nitrogens with zero attached hydrogens (tertiary/aromatic N) is 1. The number of hydrogen-bond acceptors (Lipinski definition) is 3. The number of aliphatic hydroxyl groups excluding tert-OH is 2. The Hall–Kier alpha value is -0.590. The largest absolute Gasteiger partial charge is 0.393 e. The topological polar surface area (TPSA) is 64.2 Å². The van der Waals surface area contributed by atoms with Crippen molar-refractivity contribution in [1.29, 1.82) is 5.26 Å². The predicted octanol–water partition coefficient (Wildman–Crippen LogP) is 3.50. The van der Waals surface area contributed by atoms with Crippen molar-refractivity contribution in [2.45, 2.75) is 77.4 Å². The Labute approximate surface area is 140 Å². The smallest absolute Gasteiger partial charge is 0.0661 e. The van der Waals surface area contributed by atoms with Crippen LogP contribution < -0.4 is 0 Å². The fourth-order valence-corrected chi connectivity index (χ4v) is 7.57. The lowest BCUT2D eigenvalue weighted by Gasteiger charge is -2.62. The molecular formula is C20H31NO2. The van der Waals surface area contributed by atoms with E-state index >= 15 is 0 Å². The molecule has 0 aliphatic heterocycles. The van der Waals surface area contributed by atoms with Gasteiger partial charge < -0.3 is 10.2 Å². The molecular weight excluding hydrogens is 286 g/mol. The molecule has 4 rings (SSSR count). The lowest BCUT2D eigenvalue weighted by atomic mass is 9.44. The van der Waals surface area contributed by atoms with Crippen LogP contribution in [0.25, 0.3) is 0 Å². The first-order chi connectivity index (χ1) is 10.9. The fraction of sp³-hybridized carbons (Fsp3) is 0.950. The summed E-state index contributed by atoms with van der Waals surface area (Å²) in [6.45, 7) is 4.67. The molecule has 0 bridgehead atoms. The summed E-state index contributed by atoms with van der Waals surface area (Å²) < 4.78 is 0. The maximum atomic E-state index is 11.1. The van der Waals surface area contributed by atoms with Crippen molar-refractivity contribution in [2.75, 3.05) is 0 Å². The predicted molar refractivity (Wildman–Crippen MR) is 88.2 cm³/mol. The van der Waals surface area contributed by atoms with E-state index in [0.717, 1.165) is 32.1 Å². The molecule has 4 aliphatic rings. The molecule has 0 saturated heterocycles. The van der Waals surface area contributed by atoms with Gasteiger partial charge in [0.05, 0.1) is 24.2 Å². The van der Waals surface area contributed by atoms with Crippen molar-refractivity contribution in [3.05, 3.63) is 0 Å². The van der Waals surface area contributed by atoms with Gasteiger partial charge in [-0.25, -0.2) is 0 Å². The summed E-state index contributed by atoms with van der Waals surface area (Å²) in [5, 5.41) is 30.8. The molecule has 4 fully saturated rings. The number of rotatable bonds is 0. The van der Waals surface area contributed by atoms with Crippen molar-refractivity contribution in [3.63, 3.8) is 0 Å². The van der Waals surface area contributed by atoms with Crippen molar-refractivity contribution < 1.29 is 10.2 Å². The third-order valence-electron chi connectivity index (χ3n) is 8.72. The van der Waals surface area contributed by atoms with E-state index in [1.54, 1.807) is 0 Å². The molecule has 4 saturated carbocycles. The van der Waals surface area contributed by atoms with Crippen LogP contribution in [-0.4, -0.2) is 22.4 Å². The van der Waals surface area contributed by atoms with Crippen LogP contribution in [0.3, 0.4) is 0 Å². The highest BCUT2D eigenvalue weighted by Gasteiger charge is 2.63. The molecule has 23 heavy (non-hydrogen) atoms. The zero-order chi connectivity index (χ0) is 16.4. The summed E-state index contributed by atoms with van der Waals surface area (Å²) in [6, 6.07) is 2.55. The normalized spacial score (nSPS) is 58.7. The lowest BCUT2D eigenvalue weighted by molar-refractivity contribution is -0.175. The molecule has 0 amide bonds. The van der Waals surface area contributed by atoms with Crippen LogP contribution in [0.4, 0.5) is 0 Å². The van der Waals surface area contributed by atoms with E-state index in [9.17, 15) is 15.5 Å². The van der Waals surface area contributed by atoms with E-state index in [1.165, 1.54) is 19.3 Å². The van der Waals surface area contributed by atoms with E-state index in [0.29, 0.717) is 23.7 Å². The fourth-order valence-electron chi connectivity index (χ4n) is 7.57. The van der Waals surface area contributed by atoms with Crippen LogP contribution in [0, 0.1) is 51.8 Å². The maximum Gasteiger partial charge on any atom is 0.0661 e. The van der Waals surface area contributed by atoms with Gasteiger partial charge in [-0.1, -0.05) is 13.8 Å². The Kier molecular flexibility index (Phi) is 3.60. The Morgan fingerprint density at radius 3 is 2.52 bits per heavy atom. The standard InChI is InChI=1S/C20H31NO2/c1-19-8-7-14(22)9-12(19)3-5-15-16-6-4-13(11-21)20(16,2)10-17(23)18(15)19/h12-18,22-23H,3-10H2,1-2H3/t12-,13-,14+,15-,16-,17+,18?,19-,20+/m0/s1. The number of fused-ring (bicyclic) bond motifs is 5. The molecule has 3 heteroatoms. The lowest BCUT2D eigenvalue weighted by Crippen LogP contribution is -2.59. The zero-order valence-electron chi connectivity index (χ0n) is 14.5. The maximum absolute atomic E-state index is 11.1. The van der Waals surface area contributed by atoms with Gasteiger partial charge in [0.15, 0.2) is 0 Å². The monoisotopic (exact) mass is 317 g/mol. The molecule has 3 nitrogen and oxygen atoms in total. The van der Waals surface area contributed by atoms with Crippen LogP contribution in [0.2, 0.25) is 0 Å². The zero-order valence-corrected chi connectivity index (χ0v) is 14.5. The van der Waals surface area contributed by atoms with E-state index in [-0.39, 0.29) is 29.0 Å². The third-order valence-corrected chi connectivity index (χ3v) is 8.72. The Bertz CT molecular complexity index is 528. The van der Waals surface area contributed by atoms with Crippen LogP contribution in [0.1, 0.15) is 65.2 Å². The van der Waals surface area contributed by atoms with Gasteiger partial charge in [-0.05, 0) is 85.9 Å². The van der Waals surface area contributed by atoms with Gasteiger partial charge in [-0.3, -0.25) is 0 Å². The molecule has 0 heterocycles. The number of nitriles is 1. The van der Waals surface area contributed by atoms with Crippen molar-refractivity contribution in [2.24, 2.45) is 40.4 Å². The minimum Gasteiger partial charge on any atom is -0.393 e. The van der Waals surface area contributed by atoms with Gasteiger partial charge in [0.25, 0.3) is 0 Å². The van der Waals surface area contributed by atoms with Crippen LogP contribution in [0.15, 0.2) is 0 Å². The summed E-state index contributed by atoms with van der Waals surface area (Å²) in [5.74, 6) is 2.27. The SMILES string of the molecule is C[C@]12C[C@@H](O)C3[C@@H](CC[C@H]4C[C@H](O)CC[C@]34C)[C@@H]1CC[C@H]2C#N. The summed E-state index contributed by atoms with van der Waals surface area (Å²) in [6.07, 6.45) is 7.87. The quantitative estimate of drug-likeness (QED) is 0.718. The minimum atomic E-state index is -0.266. The van der Waals surface area contributed by atoms with Crippen molar-refractivity contribution in [3.8, 4) is 6.07 Å². The average molecular weight is 317 g/mol. The second-order valence-corrected chi connectivity index (χ2v) is 9.54. The summed E-state index contributed by atoms with van der Waals surface area (Å²) >= 11 is 0. The molecule has 4 aliphatic carbocycles. The van der Waals surface area contributed by atoms with Gasteiger partial charge in [-0.2, -0.15) is 5.26 Å². The summed E-state index contributed by atoms with van der Waals surface area (Å²) in [4.78, 5) is 0. The first-order valence-electron chi connectivity index (χ1n) is 9.66. The first-order valence-corrected chi connectivity index (χ1v) is 9.66. The first kappa shape index (κ1) is 15.9. The number of hydrogen-bond donors (Lipinski definition) is 2. The molecule has 0 radical (unpaired) electrons. The molecule has 0 spiro atoms. The molecule has 0 aromatic carbocycles. The van der Waals surface area contributed by atoms with Gasteiger partial charge in [0.2, 0.25) is 0 Å². The summed E-state index contributed by atoms with van der Waals surface area (Å²) in [5.41, 5.74) is 0.209. The van der Waals surface area contributed by atoms with E-state index in [4.69, 9.17) is 0 Å². The average Bonchev–Trinajstić information content (AvgIpc) is 2.83. The molecule has 128 valence electrons. The molecule has 9 atom stereocenters. The van der Waals surface area contributed by atoms with Crippen LogP contribution >= 0.6 is 0 Å². The van der Waals surface area contributed by atoms with Gasteiger partial charge in [-0.15, -0.1) is 0 Å². The Balaban J connectivity index is 1.68. The molecule has 2 N–H and O–H groups in total. The Morgan fingerprint density at radius 2 is 1.78 bits per heavy atom. The minimum absolute atomic E-state index is 0.0205. The highest BCUT2D eigenvalue weighted by atomic mass is 16.3. The molecule has 0 aromatic rings. The van der Waals surface area contributed by atoms with E-state index < -0.39 is 0 Å². The second kappa shape index (κ2) is 5.20. The van der Waals surface area contributed by atoms with Crippen molar-refractivity contribution in [1.82, 2.24) is 0 Å². The highest BCUT2D eigenvalue weighted by Crippen LogP contribution is 2.67. The highest BCUT2D eigenvalue weighted by molar-refractivity contribution is 5.14. The number of aliphatic hydroxyl groups is 2. The third kappa shape index (κ3) is 2.07. The van der Waals surface area contributed by atoms with Gasteiger partial charge in [0, 0.05) is 0 Å². The Morgan fingerprint density at radius 1 is 1.00 bits per heavy atom. The van der Waals surface area contributed by atoms with Gasteiger partial charge in [0.1, 0.15) is 0 Å². The van der Waals surface area contributed by atoms with Crippen LogP contribution in [-0.2, 0) is 0 Å². The molecule has 1 unspecified atom stereocenters. The van der Waals surface area contributed by atoms with Gasteiger partial charge >= 0.3 is 0 Å². The van der Waals surface area contributed by atoms with Crippen LogP contribution in [0.5, 0.6) is 0 Å². The van der Waals surface area contributed by atoms with Crippen molar-refractivity contribution >= 4 is 0 Å². The van der Waals surface area contributed by atoms with E-state index in [2.05, 4.69) is 19.9 Å². The van der Waals surface area contributed by atoms with E-state index in [1.807, 2.05) is 0 Å². The second-order valence-electron chi connectivity index (χ2n) is 9.54. The molecule has 0 aromatic heterocycles.